The molecule has 0 fully saturated rings. The van der Waals surface area contributed by atoms with Crippen LogP contribution in [-0.4, -0.2) is 24.2 Å². The Balaban J connectivity index is 1.51. The van der Waals surface area contributed by atoms with Crippen molar-refractivity contribution < 1.29 is 41.0 Å². The molecule has 5 rings (SSSR count). The van der Waals surface area contributed by atoms with E-state index >= 15 is 0 Å². The first-order valence-electron chi connectivity index (χ1n) is 11.8. The smallest absolute Gasteiger partial charge is 0.453 e. The maximum Gasteiger partial charge on any atom is 0.453 e. The summed E-state index contributed by atoms with van der Waals surface area (Å²) in [4.78, 5) is 27.1. The molecule has 4 aromatic rings. The third-order valence-corrected chi connectivity index (χ3v) is 5.83. The van der Waals surface area contributed by atoms with Crippen molar-refractivity contribution in [2.45, 2.75) is 32.6 Å². The molecule has 3 heterocycles. The molecule has 1 aliphatic rings. The van der Waals surface area contributed by atoms with Crippen molar-refractivity contribution in [1.29, 1.82) is 0 Å². The third kappa shape index (κ3) is 5.10. The number of benzene rings is 2. The summed E-state index contributed by atoms with van der Waals surface area (Å²) < 4.78 is 69.1. The first-order valence-corrected chi connectivity index (χ1v) is 11.8. The van der Waals surface area contributed by atoms with Crippen LogP contribution in [0.1, 0.15) is 40.8 Å². The number of carbonyl (C=O) groups excluding carboxylic acids is 1. The summed E-state index contributed by atoms with van der Waals surface area (Å²) in [6.45, 7) is 2.78. The highest BCUT2D eigenvalue weighted by atomic mass is 19.4. The van der Waals surface area contributed by atoms with Crippen molar-refractivity contribution in [3.8, 4) is 17.2 Å². The summed E-state index contributed by atoms with van der Waals surface area (Å²) >= 11 is 0. The van der Waals surface area contributed by atoms with Crippen molar-refractivity contribution in [2.75, 3.05) is 13.3 Å². The molecule has 0 amide bonds. The van der Waals surface area contributed by atoms with Crippen LogP contribution in [0.4, 0.5) is 13.2 Å². The molecule has 0 saturated carbocycles. The maximum absolute atomic E-state index is 14.1. The molecule has 2 aromatic carbocycles. The lowest BCUT2D eigenvalue weighted by Crippen LogP contribution is -2.31. The average molecular weight is 529 g/mol. The van der Waals surface area contributed by atoms with Crippen molar-refractivity contribution >= 4 is 16.9 Å². The summed E-state index contributed by atoms with van der Waals surface area (Å²) in [5.41, 5.74) is -0.719. The number of fused-ring (bicyclic) bond motifs is 3. The van der Waals surface area contributed by atoms with Crippen LogP contribution in [0, 0.1) is 0 Å². The Labute approximate surface area is 214 Å². The number of carbonyl (C=O) groups is 1. The van der Waals surface area contributed by atoms with Gasteiger partial charge in [0.1, 0.15) is 29.6 Å². The summed E-state index contributed by atoms with van der Waals surface area (Å²) in [5, 5.41) is -0.0880. The molecule has 0 N–H and O–H groups in total. The van der Waals surface area contributed by atoms with Gasteiger partial charge in [-0.25, -0.2) is 4.79 Å². The van der Waals surface area contributed by atoms with E-state index in [0.29, 0.717) is 30.0 Å². The van der Waals surface area contributed by atoms with Gasteiger partial charge in [-0.2, -0.15) is 13.2 Å². The highest BCUT2D eigenvalue weighted by Crippen LogP contribution is 2.41. The Kier molecular flexibility index (Phi) is 6.85. The minimum atomic E-state index is -5.03. The number of esters is 1. The quantitative estimate of drug-likeness (QED) is 0.265. The second kappa shape index (κ2) is 10.3. The molecule has 0 bridgehead atoms. The molecular weight excluding hydrogens is 507 g/mol. The zero-order valence-electron chi connectivity index (χ0n) is 20.2. The average Bonchev–Trinajstić information content (AvgIpc) is 3.41. The van der Waals surface area contributed by atoms with Crippen molar-refractivity contribution in [1.82, 2.24) is 4.90 Å². The van der Waals surface area contributed by atoms with E-state index in [1.54, 1.807) is 17.0 Å². The fraction of sp³-hybridized carbons (Fsp3) is 0.259. The Morgan fingerprint density at radius 2 is 1.89 bits per heavy atom. The van der Waals surface area contributed by atoms with E-state index < -0.39 is 29.1 Å². The predicted molar refractivity (Wildman–Crippen MR) is 128 cm³/mol. The lowest BCUT2D eigenvalue weighted by Gasteiger charge is -2.28. The standard InChI is InChI=1S/C27H22F3NO7/c1-2-11-35-26(33)16-5-7-17(8-6-16)37-24-22(32)19-9-10-21-20(23(19)38-25(24)27(28,29)30)14-31(15-36-21)13-18-4-3-12-34-18/h3-10,12H,2,11,13-15H2,1H3. The zero-order chi connectivity index (χ0) is 26.9. The van der Waals surface area contributed by atoms with E-state index in [0.717, 1.165) is 0 Å². The summed E-state index contributed by atoms with van der Waals surface area (Å²) in [7, 11) is 0. The summed E-state index contributed by atoms with van der Waals surface area (Å²) in [5.74, 6) is -2.26. The predicted octanol–water partition coefficient (Wildman–Crippen LogP) is 6.12. The minimum absolute atomic E-state index is 0.0832. The van der Waals surface area contributed by atoms with Gasteiger partial charge in [0.15, 0.2) is 0 Å². The second-order valence-electron chi connectivity index (χ2n) is 8.61. The van der Waals surface area contributed by atoms with Gasteiger partial charge in [0.2, 0.25) is 11.2 Å². The van der Waals surface area contributed by atoms with E-state index in [2.05, 4.69) is 0 Å². The molecule has 0 aliphatic carbocycles. The summed E-state index contributed by atoms with van der Waals surface area (Å²) in [6.07, 6.45) is -2.87. The first kappa shape index (κ1) is 25.4. The summed E-state index contributed by atoms with van der Waals surface area (Å²) in [6, 6.07) is 11.6. The van der Waals surface area contributed by atoms with Crippen LogP contribution in [0.25, 0.3) is 11.0 Å². The lowest BCUT2D eigenvalue weighted by atomic mass is 10.1. The molecule has 0 saturated heterocycles. The fourth-order valence-corrected chi connectivity index (χ4v) is 4.05. The van der Waals surface area contributed by atoms with E-state index in [9.17, 15) is 22.8 Å². The molecule has 11 heteroatoms. The topological polar surface area (TPSA) is 91.4 Å². The van der Waals surface area contributed by atoms with Crippen LogP contribution in [-0.2, 0) is 24.0 Å². The fourth-order valence-electron chi connectivity index (χ4n) is 4.05. The Bertz CT molecular complexity index is 1510. The maximum atomic E-state index is 14.1. The van der Waals surface area contributed by atoms with Gasteiger partial charge in [-0.15, -0.1) is 0 Å². The van der Waals surface area contributed by atoms with E-state index in [1.807, 2.05) is 6.92 Å². The van der Waals surface area contributed by atoms with Gasteiger partial charge in [-0.05, 0) is 55.0 Å². The van der Waals surface area contributed by atoms with Crippen LogP contribution in [0.2, 0.25) is 0 Å². The Morgan fingerprint density at radius 1 is 1.11 bits per heavy atom. The molecule has 2 aromatic heterocycles. The molecule has 8 nitrogen and oxygen atoms in total. The molecule has 1 aliphatic heterocycles. The molecule has 38 heavy (non-hydrogen) atoms. The van der Waals surface area contributed by atoms with E-state index in [4.69, 9.17) is 23.0 Å². The molecule has 0 radical (unpaired) electrons. The van der Waals surface area contributed by atoms with Crippen molar-refractivity contribution in [3.63, 3.8) is 0 Å². The first-order chi connectivity index (χ1) is 18.2. The van der Waals surface area contributed by atoms with E-state index in [1.165, 1.54) is 42.7 Å². The molecule has 0 spiro atoms. The number of nitrogens with zero attached hydrogens (tertiary/aromatic N) is 1. The molecule has 0 atom stereocenters. The molecule has 0 unspecified atom stereocenters. The van der Waals surface area contributed by atoms with Crippen LogP contribution < -0.4 is 14.9 Å². The zero-order valence-corrected chi connectivity index (χ0v) is 20.2. The highest BCUT2D eigenvalue weighted by molar-refractivity contribution is 5.89. The Hall–Kier alpha value is -4.25. The van der Waals surface area contributed by atoms with Crippen molar-refractivity contribution in [3.05, 3.63) is 87.7 Å². The minimum Gasteiger partial charge on any atom is -0.478 e. The number of ether oxygens (including phenoxy) is 3. The van der Waals surface area contributed by atoms with E-state index in [-0.39, 0.29) is 42.2 Å². The van der Waals surface area contributed by atoms with Gasteiger partial charge in [-0.3, -0.25) is 9.69 Å². The van der Waals surface area contributed by atoms with Gasteiger partial charge in [0.05, 0.1) is 35.9 Å². The number of rotatable bonds is 7. The van der Waals surface area contributed by atoms with Crippen LogP contribution in [0.15, 0.2) is 68.4 Å². The molecule has 198 valence electrons. The number of halogens is 3. The monoisotopic (exact) mass is 529 g/mol. The number of hydrogen-bond acceptors (Lipinski definition) is 8. The van der Waals surface area contributed by atoms with Crippen LogP contribution >= 0.6 is 0 Å². The number of furan rings is 1. The van der Waals surface area contributed by atoms with Gasteiger partial charge in [0, 0.05) is 6.54 Å². The second-order valence-corrected chi connectivity index (χ2v) is 8.61. The van der Waals surface area contributed by atoms with Gasteiger partial charge in [-0.1, -0.05) is 6.92 Å². The Morgan fingerprint density at radius 3 is 2.58 bits per heavy atom. The van der Waals surface area contributed by atoms with Gasteiger partial charge < -0.3 is 23.0 Å². The third-order valence-electron chi connectivity index (χ3n) is 5.83. The normalized spacial score (nSPS) is 13.7. The number of hydrogen-bond donors (Lipinski definition) is 0. The van der Waals surface area contributed by atoms with Crippen molar-refractivity contribution in [2.24, 2.45) is 0 Å². The number of alkyl halides is 3. The van der Waals surface area contributed by atoms with Crippen LogP contribution in [0.5, 0.6) is 17.2 Å². The largest absolute Gasteiger partial charge is 0.478 e. The lowest BCUT2D eigenvalue weighted by molar-refractivity contribution is -0.154. The highest BCUT2D eigenvalue weighted by Gasteiger charge is 2.41. The SMILES string of the molecule is CCCOC(=O)c1ccc(Oc2c(C(F)(F)F)oc3c4c(ccc3c2=O)OCN(Cc2ccco2)C4)cc1. The molecular formula is C27H22F3NO7. The van der Waals surface area contributed by atoms with Gasteiger partial charge in [0.25, 0.3) is 5.76 Å². The van der Waals surface area contributed by atoms with Gasteiger partial charge >= 0.3 is 12.1 Å². The van der Waals surface area contributed by atoms with Crippen LogP contribution in [0.3, 0.4) is 0 Å².